The number of hydrogen-bond acceptors (Lipinski definition) is 4. The van der Waals surface area contributed by atoms with Crippen LogP contribution >= 0.6 is 11.3 Å². The molecule has 3 rings (SSSR count). The number of carbonyl (C=O) groups is 1. The maximum atomic E-state index is 12.8. The number of aromatic nitrogens is 1. The Balaban J connectivity index is 1.39. The van der Waals surface area contributed by atoms with E-state index in [-0.39, 0.29) is 6.03 Å². The van der Waals surface area contributed by atoms with E-state index in [9.17, 15) is 4.79 Å². The molecule has 7 heteroatoms. The summed E-state index contributed by atoms with van der Waals surface area (Å²) in [6.45, 7) is 3.62. The molecular formula is C32H46N3O3S+. The van der Waals surface area contributed by atoms with Crippen molar-refractivity contribution < 1.29 is 18.8 Å². The molecule has 3 aromatic rings. The second-order valence-corrected chi connectivity index (χ2v) is 10.8. The highest BCUT2D eigenvalue weighted by atomic mass is 32.1. The van der Waals surface area contributed by atoms with Crippen molar-refractivity contribution in [2.45, 2.75) is 90.5 Å². The largest absolute Gasteiger partial charge is 0.493 e. The molecule has 0 aliphatic rings. The van der Waals surface area contributed by atoms with Crippen molar-refractivity contribution >= 4 is 28.7 Å². The van der Waals surface area contributed by atoms with Crippen LogP contribution in [0.1, 0.15) is 89.5 Å². The van der Waals surface area contributed by atoms with E-state index >= 15 is 0 Å². The van der Waals surface area contributed by atoms with E-state index in [2.05, 4.69) is 33.7 Å². The molecule has 0 saturated heterocycles. The fourth-order valence-corrected chi connectivity index (χ4v) is 5.23. The van der Waals surface area contributed by atoms with Gasteiger partial charge in [0.05, 0.1) is 24.8 Å². The number of carbonyl (C=O) groups excluding carboxylic acids is 1. The summed E-state index contributed by atoms with van der Waals surface area (Å²) >= 11 is 1.66. The zero-order valence-corrected chi connectivity index (χ0v) is 24.6. The van der Waals surface area contributed by atoms with E-state index < -0.39 is 0 Å². The highest BCUT2D eigenvalue weighted by molar-refractivity contribution is 7.07. The van der Waals surface area contributed by atoms with Gasteiger partial charge in [0.2, 0.25) is 5.51 Å². The fraction of sp³-hybridized carbons (Fsp3) is 0.500. The molecule has 0 spiro atoms. The third kappa shape index (κ3) is 11.7. The van der Waals surface area contributed by atoms with Gasteiger partial charge < -0.3 is 20.1 Å². The molecule has 0 bridgehead atoms. The summed E-state index contributed by atoms with van der Waals surface area (Å²) in [5.74, 6) is 1.18. The van der Waals surface area contributed by atoms with Gasteiger partial charge in [0.1, 0.15) is 0 Å². The molecule has 1 heterocycles. The number of anilines is 2. The summed E-state index contributed by atoms with van der Waals surface area (Å²) in [7, 11) is 1.62. The molecule has 0 radical (unpaired) electrons. The van der Waals surface area contributed by atoms with Crippen LogP contribution in [0.15, 0.2) is 59.6 Å². The number of amides is 2. The first-order valence-electron chi connectivity index (χ1n) is 14.6. The zero-order valence-electron chi connectivity index (χ0n) is 23.8. The lowest BCUT2D eigenvalue weighted by Gasteiger charge is -2.16. The number of unbranched alkanes of at least 4 members (excludes halogenated alkanes) is 11. The summed E-state index contributed by atoms with van der Waals surface area (Å²) in [6.07, 6.45) is 17.7. The zero-order chi connectivity index (χ0) is 27.5. The molecule has 6 nitrogen and oxygen atoms in total. The summed E-state index contributed by atoms with van der Waals surface area (Å²) in [5.41, 5.74) is 4.51. The first-order valence-corrected chi connectivity index (χ1v) is 15.5. The second-order valence-electron chi connectivity index (χ2n) is 10.1. The molecule has 0 saturated carbocycles. The summed E-state index contributed by atoms with van der Waals surface area (Å²) in [6, 6.07) is 13.1. The van der Waals surface area contributed by atoms with Crippen LogP contribution in [0.2, 0.25) is 0 Å². The summed E-state index contributed by atoms with van der Waals surface area (Å²) < 4.78 is 13.7. The topological polar surface area (TPSA) is 63.5 Å². The number of benzene rings is 2. The summed E-state index contributed by atoms with van der Waals surface area (Å²) in [4.78, 5) is 12.8. The molecule has 39 heavy (non-hydrogen) atoms. The molecule has 0 unspecified atom stereocenters. The minimum Gasteiger partial charge on any atom is -0.493 e. The van der Waals surface area contributed by atoms with Crippen molar-refractivity contribution in [3.8, 4) is 11.5 Å². The van der Waals surface area contributed by atoms with Crippen molar-refractivity contribution in [1.29, 1.82) is 0 Å². The number of urea groups is 1. The monoisotopic (exact) mass is 552 g/mol. The lowest BCUT2D eigenvalue weighted by molar-refractivity contribution is -0.683. The molecule has 2 amide bonds. The fourth-order valence-electron chi connectivity index (χ4n) is 4.64. The Kier molecular flexibility index (Phi) is 14.3. The normalized spacial score (nSPS) is 10.8. The Labute approximate surface area is 238 Å². The minimum absolute atomic E-state index is 0.321. The predicted octanol–water partition coefficient (Wildman–Crippen LogP) is 8.82. The lowest BCUT2D eigenvalue weighted by atomic mass is 10.1. The number of rotatable bonds is 19. The second kappa shape index (κ2) is 18.3. The van der Waals surface area contributed by atoms with E-state index in [0.29, 0.717) is 23.8 Å². The number of hydrogen-bond donors (Lipinski definition) is 2. The maximum Gasteiger partial charge on any atom is 0.323 e. The minimum atomic E-state index is -0.321. The van der Waals surface area contributed by atoms with Crippen molar-refractivity contribution in [3.63, 3.8) is 0 Å². The molecular weight excluding hydrogens is 506 g/mol. The number of para-hydroxylation sites is 1. The van der Waals surface area contributed by atoms with Crippen LogP contribution in [0.5, 0.6) is 11.5 Å². The van der Waals surface area contributed by atoms with E-state index in [4.69, 9.17) is 9.47 Å². The Morgan fingerprint density at radius 1 is 0.872 bits per heavy atom. The third-order valence-electron chi connectivity index (χ3n) is 6.77. The smallest absolute Gasteiger partial charge is 0.323 e. The number of methoxy groups -OCH3 is 1. The Morgan fingerprint density at radius 2 is 1.56 bits per heavy atom. The average Bonchev–Trinajstić information content (AvgIpc) is 3.45. The van der Waals surface area contributed by atoms with Gasteiger partial charge in [0.15, 0.2) is 24.2 Å². The van der Waals surface area contributed by atoms with E-state index in [1.165, 1.54) is 64.2 Å². The van der Waals surface area contributed by atoms with Crippen molar-refractivity contribution in [2.24, 2.45) is 0 Å². The molecule has 212 valence electrons. The number of ether oxygens (including phenoxy) is 2. The van der Waals surface area contributed by atoms with Gasteiger partial charge in [-0.15, -0.1) is 0 Å². The molecule has 2 aromatic carbocycles. The van der Waals surface area contributed by atoms with E-state index in [1.54, 1.807) is 18.4 Å². The van der Waals surface area contributed by atoms with Crippen LogP contribution in [0, 0.1) is 0 Å². The van der Waals surface area contributed by atoms with Crippen LogP contribution in [0.3, 0.4) is 0 Å². The van der Waals surface area contributed by atoms with E-state index in [0.717, 1.165) is 30.6 Å². The van der Waals surface area contributed by atoms with Crippen LogP contribution < -0.4 is 24.7 Å². The summed E-state index contributed by atoms with van der Waals surface area (Å²) in [5, 5.41) is 7.92. The van der Waals surface area contributed by atoms with Gasteiger partial charge in [-0.05, 0) is 30.7 Å². The molecule has 0 aliphatic heterocycles. The van der Waals surface area contributed by atoms with Gasteiger partial charge in [0.25, 0.3) is 0 Å². The standard InChI is InChI=1S/C32H45N3O3S/c1-3-4-5-6-7-8-9-10-11-12-13-14-22-38-31-29(19-16-20-30(31)37-2)34-32(36)33-28-18-15-17-27(24-28)25-35-21-23-39-26-35/h15-21,23-24,26H,3-14,22,25H2,1-2H3,(H-,33,34,36)/p+1. The molecule has 0 fully saturated rings. The van der Waals surface area contributed by atoms with Crippen LogP contribution in [-0.2, 0) is 6.54 Å². The van der Waals surface area contributed by atoms with Crippen LogP contribution in [0.4, 0.5) is 16.2 Å². The number of thiazole rings is 1. The molecule has 1 aromatic heterocycles. The molecule has 2 N–H and O–H groups in total. The number of nitrogens with one attached hydrogen (secondary N) is 2. The van der Waals surface area contributed by atoms with Crippen molar-refractivity contribution in [3.05, 3.63) is 65.1 Å². The highest BCUT2D eigenvalue weighted by Crippen LogP contribution is 2.35. The quantitative estimate of drug-likeness (QED) is 0.115. The number of nitrogens with zero attached hydrogens (tertiary/aromatic N) is 1. The van der Waals surface area contributed by atoms with Gasteiger partial charge in [-0.2, -0.15) is 4.57 Å². The van der Waals surface area contributed by atoms with Crippen LogP contribution in [0.25, 0.3) is 0 Å². The van der Waals surface area contributed by atoms with Crippen LogP contribution in [-0.4, -0.2) is 19.7 Å². The maximum absolute atomic E-state index is 12.8. The Morgan fingerprint density at radius 3 is 2.23 bits per heavy atom. The molecule has 0 atom stereocenters. The predicted molar refractivity (Wildman–Crippen MR) is 162 cm³/mol. The average molecular weight is 553 g/mol. The first kappa shape index (κ1) is 30.5. The van der Waals surface area contributed by atoms with Gasteiger partial charge in [0, 0.05) is 11.3 Å². The van der Waals surface area contributed by atoms with Gasteiger partial charge in [-0.25, -0.2) is 4.79 Å². The van der Waals surface area contributed by atoms with Crippen molar-refractivity contribution in [2.75, 3.05) is 24.4 Å². The first-order chi connectivity index (χ1) is 19.2. The van der Waals surface area contributed by atoms with Gasteiger partial charge >= 0.3 is 6.03 Å². The molecule has 0 aliphatic carbocycles. The SMILES string of the molecule is CCCCCCCCCCCCCCOc1c(NC(=O)Nc2cccc(C[n+]3ccsc3)c2)cccc1OC. The van der Waals surface area contributed by atoms with Gasteiger partial charge in [-0.1, -0.05) is 107 Å². The Bertz CT molecular complexity index is 1090. The third-order valence-corrected chi connectivity index (χ3v) is 7.44. The highest BCUT2D eigenvalue weighted by Gasteiger charge is 2.14. The van der Waals surface area contributed by atoms with Crippen molar-refractivity contribution in [1.82, 2.24) is 0 Å². The van der Waals surface area contributed by atoms with E-state index in [1.807, 2.05) is 48.0 Å². The lowest BCUT2D eigenvalue weighted by Crippen LogP contribution is -2.30. The Hall–Kier alpha value is -3.06. The van der Waals surface area contributed by atoms with Gasteiger partial charge in [-0.3, -0.25) is 0 Å².